The van der Waals surface area contributed by atoms with Crippen LogP contribution < -0.4 is 4.74 Å². The van der Waals surface area contributed by atoms with Crippen LogP contribution in [0.4, 0.5) is 0 Å². The number of aryl methyl sites for hydroxylation is 1. The standard InChI is InChI=1S/C19H19ClO3/c1-3-10-23-15-8-9-16(13(2)11-15)17(19(21)22)12-14-6-4-5-7-18(14)20/h4-9,11-12H,3,10H2,1-2H3,(H,21,22)/b17-12-. The maximum absolute atomic E-state index is 11.7. The van der Waals surface area contributed by atoms with Crippen molar-refractivity contribution in [2.45, 2.75) is 20.3 Å². The monoisotopic (exact) mass is 330 g/mol. The largest absolute Gasteiger partial charge is 0.494 e. The first-order valence-electron chi connectivity index (χ1n) is 7.46. The summed E-state index contributed by atoms with van der Waals surface area (Å²) in [5.41, 5.74) is 2.38. The number of halogens is 1. The number of carboxylic acid groups (broad SMARTS) is 1. The number of benzene rings is 2. The molecule has 1 N–H and O–H groups in total. The van der Waals surface area contributed by atoms with E-state index in [4.69, 9.17) is 16.3 Å². The number of hydrogen-bond acceptors (Lipinski definition) is 2. The number of carboxylic acids is 1. The zero-order valence-corrected chi connectivity index (χ0v) is 13.9. The van der Waals surface area contributed by atoms with Gasteiger partial charge >= 0.3 is 5.97 Å². The van der Waals surface area contributed by atoms with Crippen molar-refractivity contribution >= 4 is 29.2 Å². The van der Waals surface area contributed by atoms with Crippen LogP contribution in [-0.2, 0) is 4.79 Å². The van der Waals surface area contributed by atoms with E-state index >= 15 is 0 Å². The van der Waals surface area contributed by atoms with Crippen molar-refractivity contribution in [1.82, 2.24) is 0 Å². The van der Waals surface area contributed by atoms with Gasteiger partial charge in [-0.1, -0.05) is 42.8 Å². The molecule has 3 nitrogen and oxygen atoms in total. The summed E-state index contributed by atoms with van der Waals surface area (Å²) in [6, 6.07) is 12.6. The Kier molecular flexibility index (Phi) is 5.83. The van der Waals surface area contributed by atoms with Gasteiger partial charge in [0.2, 0.25) is 0 Å². The van der Waals surface area contributed by atoms with E-state index in [0.29, 0.717) is 22.8 Å². The summed E-state index contributed by atoms with van der Waals surface area (Å²) in [7, 11) is 0. The van der Waals surface area contributed by atoms with Gasteiger partial charge in [-0.3, -0.25) is 0 Å². The Bertz CT molecular complexity index is 735. The fourth-order valence-electron chi connectivity index (χ4n) is 2.25. The van der Waals surface area contributed by atoms with Gasteiger partial charge in [0.15, 0.2) is 0 Å². The summed E-state index contributed by atoms with van der Waals surface area (Å²) in [5.74, 6) is -0.245. The highest BCUT2D eigenvalue weighted by Gasteiger charge is 2.14. The summed E-state index contributed by atoms with van der Waals surface area (Å²) >= 11 is 6.13. The van der Waals surface area contributed by atoms with E-state index in [1.165, 1.54) is 0 Å². The summed E-state index contributed by atoms with van der Waals surface area (Å²) in [5, 5.41) is 10.1. The first kappa shape index (κ1) is 17.1. The number of hydrogen-bond donors (Lipinski definition) is 1. The molecule has 2 aromatic rings. The minimum absolute atomic E-state index is 0.206. The molecular weight excluding hydrogens is 312 g/mol. The van der Waals surface area contributed by atoms with E-state index < -0.39 is 5.97 Å². The fraction of sp³-hybridized carbons (Fsp3) is 0.211. The van der Waals surface area contributed by atoms with Crippen molar-refractivity contribution in [3.8, 4) is 5.75 Å². The highest BCUT2D eigenvalue weighted by atomic mass is 35.5. The van der Waals surface area contributed by atoms with E-state index in [-0.39, 0.29) is 5.57 Å². The summed E-state index contributed by atoms with van der Waals surface area (Å²) in [4.78, 5) is 11.7. The molecule has 0 heterocycles. The van der Waals surface area contributed by atoms with Gasteiger partial charge in [0.25, 0.3) is 0 Å². The van der Waals surface area contributed by atoms with Crippen molar-refractivity contribution in [1.29, 1.82) is 0 Å². The van der Waals surface area contributed by atoms with E-state index in [1.807, 2.05) is 32.0 Å². The van der Waals surface area contributed by atoms with E-state index in [9.17, 15) is 9.90 Å². The number of rotatable bonds is 6. The molecule has 0 bridgehead atoms. The van der Waals surface area contributed by atoms with Crippen molar-refractivity contribution < 1.29 is 14.6 Å². The number of ether oxygens (including phenoxy) is 1. The smallest absolute Gasteiger partial charge is 0.336 e. The van der Waals surface area contributed by atoms with Crippen LogP contribution in [0.1, 0.15) is 30.0 Å². The molecule has 0 aromatic heterocycles. The van der Waals surface area contributed by atoms with E-state index in [2.05, 4.69) is 0 Å². The van der Waals surface area contributed by atoms with Gasteiger partial charge in [-0.05, 0) is 54.3 Å². The Morgan fingerprint density at radius 1 is 1.26 bits per heavy atom. The summed E-state index contributed by atoms with van der Waals surface area (Å²) in [6.07, 6.45) is 2.52. The first-order valence-corrected chi connectivity index (χ1v) is 7.84. The molecule has 0 unspecified atom stereocenters. The van der Waals surface area contributed by atoms with Crippen LogP contribution in [0.3, 0.4) is 0 Å². The molecule has 2 aromatic carbocycles. The molecule has 0 amide bonds. The third-order valence-corrected chi connectivity index (χ3v) is 3.74. The molecule has 0 aliphatic heterocycles. The van der Waals surface area contributed by atoms with Crippen molar-refractivity contribution in [3.05, 3.63) is 64.2 Å². The number of carbonyl (C=O) groups is 1. The lowest BCUT2D eigenvalue weighted by Crippen LogP contribution is -2.03. The van der Waals surface area contributed by atoms with Crippen LogP contribution in [0, 0.1) is 6.92 Å². The Hall–Kier alpha value is -2.26. The molecule has 2 rings (SSSR count). The maximum atomic E-state index is 11.7. The second-order valence-corrected chi connectivity index (χ2v) is 5.62. The van der Waals surface area contributed by atoms with Crippen molar-refractivity contribution in [2.24, 2.45) is 0 Å². The fourth-order valence-corrected chi connectivity index (χ4v) is 2.44. The predicted molar refractivity (Wildman–Crippen MR) is 93.9 cm³/mol. The molecule has 120 valence electrons. The van der Waals surface area contributed by atoms with Crippen LogP contribution in [0.25, 0.3) is 11.6 Å². The van der Waals surface area contributed by atoms with Gasteiger partial charge in [-0.2, -0.15) is 0 Å². The molecule has 0 radical (unpaired) electrons. The van der Waals surface area contributed by atoms with Gasteiger partial charge < -0.3 is 9.84 Å². The zero-order chi connectivity index (χ0) is 16.8. The molecular formula is C19H19ClO3. The van der Waals surface area contributed by atoms with E-state index in [1.54, 1.807) is 30.3 Å². The second-order valence-electron chi connectivity index (χ2n) is 5.21. The third kappa shape index (κ3) is 4.36. The predicted octanol–water partition coefficient (Wildman–Crippen LogP) is 5.06. The van der Waals surface area contributed by atoms with Gasteiger partial charge in [0.05, 0.1) is 12.2 Å². The molecule has 0 aliphatic carbocycles. The van der Waals surface area contributed by atoms with Crippen LogP contribution >= 0.6 is 11.6 Å². The van der Waals surface area contributed by atoms with Crippen molar-refractivity contribution in [3.63, 3.8) is 0 Å². The normalized spacial score (nSPS) is 11.3. The van der Waals surface area contributed by atoms with Gasteiger partial charge in [-0.25, -0.2) is 4.79 Å². The lowest BCUT2D eigenvalue weighted by Gasteiger charge is -2.11. The average Bonchev–Trinajstić information content (AvgIpc) is 2.52. The summed E-state index contributed by atoms with van der Waals surface area (Å²) < 4.78 is 5.58. The Morgan fingerprint density at radius 3 is 2.61 bits per heavy atom. The molecule has 0 atom stereocenters. The zero-order valence-electron chi connectivity index (χ0n) is 13.2. The van der Waals surface area contributed by atoms with Crippen LogP contribution in [0.15, 0.2) is 42.5 Å². The summed E-state index contributed by atoms with van der Waals surface area (Å²) in [6.45, 7) is 4.55. The lowest BCUT2D eigenvalue weighted by atomic mass is 9.98. The highest BCUT2D eigenvalue weighted by molar-refractivity contribution is 6.33. The molecule has 0 spiro atoms. The topological polar surface area (TPSA) is 46.5 Å². The van der Waals surface area contributed by atoms with Gasteiger partial charge in [0.1, 0.15) is 5.75 Å². The van der Waals surface area contributed by atoms with Crippen molar-refractivity contribution in [2.75, 3.05) is 6.61 Å². The minimum atomic E-state index is -0.991. The Morgan fingerprint density at radius 2 is 2.00 bits per heavy atom. The molecule has 0 saturated carbocycles. The van der Waals surface area contributed by atoms with Gasteiger partial charge in [-0.15, -0.1) is 0 Å². The third-order valence-electron chi connectivity index (χ3n) is 3.40. The molecule has 0 saturated heterocycles. The lowest BCUT2D eigenvalue weighted by molar-refractivity contribution is -0.130. The Labute approximate surface area is 141 Å². The molecule has 0 aliphatic rings. The molecule has 0 fully saturated rings. The van der Waals surface area contributed by atoms with Crippen LogP contribution in [0.2, 0.25) is 5.02 Å². The van der Waals surface area contributed by atoms with Gasteiger partial charge in [0, 0.05) is 5.02 Å². The quantitative estimate of drug-likeness (QED) is 0.594. The van der Waals surface area contributed by atoms with Crippen LogP contribution in [0.5, 0.6) is 5.75 Å². The first-order chi connectivity index (χ1) is 11.0. The minimum Gasteiger partial charge on any atom is -0.494 e. The number of aliphatic carboxylic acids is 1. The Balaban J connectivity index is 2.43. The average molecular weight is 331 g/mol. The highest BCUT2D eigenvalue weighted by Crippen LogP contribution is 2.27. The van der Waals surface area contributed by atoms with E-state index in [0.717, 1.165) is 17.7 Å². The molecule has 4 heteroatoms. The molecule has 23 heavy (non-hydrogen) atoms. The van der Waals surface area contributed by atoms with Crippen LogP contribution in [-0.4, -0.2) is 17.7 Å². The maximum Gasteiger partial charge on any atom is 0.336 e. The SMILES string of the molecule is CCCOc1ccc(/C(=C/c2ccccc2Cl)C(=O)O)c(C)c1. The second kappa shape index (κ2) is 7.84.